The first kappa shape index (κ1) is 11.9. The molecule has 0 aliphatic rings. The Morgan fingerprint density at radius 3 is 2.88 bits per heavy atom. The van der Waals surface area contributed by atoms with Crippen LogP contribution in [0.1, 0.15) is 5.56 Å². The molecule has 0 atom stereocenters. The first-order valence-electron chi connectivity index (χ1n) is 5.13. The minimum absolute atomic E-state index is 0.186. The summed E-state index contributed by atoms with van der Waals surface area (Å²) in [7, 11) is 1.88. The highest BCUT2D eigenvalue weighted by molar-refractivity contribution is 9.10. The van der Waals surface area contributed by atoms with Gasteiger partial charge in [-0.05, 0) is 40.5 Å². The Labute approximate surface area is 107 Å². The molecule has 0 amide bonds. The first-order chi connectivity index (χ1) is 8.09. The number of anilines is 2. The Morgan fingerprint density at radius 2 is 2.18 bits per heavy atom. The van der Waals surface area contributed by atoms with E-state index in [0.717, 1.165) is 11.3 Å². The third kappa shape index (κ3) is 2.39. The molecule has 1 N–H and O–H groups in total. The number of aromatic amines is 1. The largest absolute Gasteiger partial charge is 0.328 e. The number of H-pyrrole nitrogens is 1. The van der Waals surface area contributed by atoms with Crippen LogP contribution >= 0.6 is 15.9 Å². The lowest BCUT2D eigenvalue weighted by molar-refractivity contribution is 1.04. The predicted octanol–water partition coefficient (Wildman–Crippen LogP) is 2.61. The molecule has 4 nitrogen and oxygen atoms in total. The van der Waals surface area contributed by atoms with Crippen LogP contribution in [0.3, 0.4) is 0 Å². The zero-order chi connectivity index (χ0) is 12.4. The summed E-state index contributed by atoms with van der Waals surface area (Å²) < 4.78 is 0.434. The van der Waals surface area contributed by atoms with Crippen LogP contribution in [-0.4, -0.2) is 17.0 Å². The predicted molar refractivity (Wildman–Crippen MR) is 71.8 cm³/mol. The van der Waals surface area contributed by atoms with Gasteiger partial charge in [0.15, 0.2) is 5.82 Å². The van der Waals surface area contributed by atoms with Gasteiger partial charge in [-0.2, -0.15) is 0 Å². The lowest BCUT2D eigenvalue weighted by Gasteiger charge is -2.19. The van der Waals surface area contributed by atoms with Gasteiger partial charge in [0.05, 0.1) is 6.33 Å². The molecule has 1 aromatic carbocycles. The lowest BCUT2D eigenvalue weighted by Crippen LogP contribution is -2.17. The molecule has 1 heterocycles. The van der Waals surface area contributed by atoms with Crippen LogP contribution in [0.15, 0.2) is 39.9 Å². The maximum Gasteiger partial charge on any atom is 0.267 e. The van der Waals surface area contributed by atoms with Crippen LogP contribution < -0.4 is 10.5 Å². The third-order valence-corrected chi connectivity index (χ3v) is 3.20. The first-order valence-corrected chi connectivity index (χ1v) is 5.92. The molecule has 17 heavy (non-hydrogen) atoms. The van der Waals surface area contributed by atoms with Gasteiger partial charge in [0.2, 0.25) is 0 Å². The molecule has 0 saturated heterocycles. The molecule has 0 fully saturated rings. The van der Waals surface area contributed by atoms with E-state index in [4.69, 9.17) is 0 Å². The molecule has 2 aromatic rings. The van der Waals surface area contributed by atoms with Crippen molar-refractivity contribution in [3.8, 4) is 0 Å². The van der Waals surface area contributed by atoms with Crippen molar-refractivity contribution in [2.24, 2.45) is 0 Å². The molecular formula is C12H12BrN3O. The van der Waals surface area contributed by atoms with Gasteiger partial charge in [0, 0.05) is 12.7 Å². The molecule has 0 spiro atoms. The SMILES string of the molecule is Cc1cccc(N(C)c2nc[nH]c(=O)c2Br)c1. The highest BCUT2D eigenvalue weighted by atomic mass is 79.9. The second-order valence-corrected chi connectivity index (χ2v) is 4.56. The summed E-state index contributed by atoms with van der Waals surface area (Å²) in [6, 6.07) is 8.01. The Balaban J connectivity index is 2.47. The number of nitrogens with one attached hydrogen (secondary N) is 1. The van der Waals surface area contributed by atoms with Crippen molar-refractivity contribution >= 4 is 27.4 Å². The fourth-order valence-electron chi connectivity index (χ4n) is 1.57. The summed E-state index contributed by atoms with van der Waals surface area (Å²) in [6.45, 7) is 2.03. The topological polar surface area (TPSA) is 49.0 Å². The normalized spacial score (nSPS) is 10.3. The Bertz CT molecular complexity index is 594. The monoisotopic (exact) mass is 293 g/mol. The van der Waals surface area contributed by atoms with Crippen molar-refractivity contribution in [2.75, 3.05) is 11.9 Å². The van der Waals surface area contributed by atoms with Crippen molar-refractivity contribution in [3.05, 3.63) is 51.0 Å². The Morgan fingerprint density at radius 1 is 1.41 bits per heavy atom. The number of aromatic nitrogens is 2. The number of benzene rings is 1. The molecular weight excluding hydrogens is 282 g/mol. The highest BCUT2D eigenvalue weighted by Crippen LogP contribution is 2.26. The maximum absolute atomic E-state index is 11.5. The van der Waals surface area contributed by atoms with Gasteiger partial charge < -0.3 is 9.88 Å². The summed E-state index contributed by atoms with van der Waals surface area (Å²) in [6.07, 6.45) is 1.40. The van der Waals surface area contributed by atoms with Crippen LogP contribution in [-0.2, 0) is 0 Å². The minimum atomic E-state index is -0.186. The molecule has 0 aliphatic carbocycles. The minimum Gasteiger partial charge on any atom is -0.328 e. The number of rotatable bonds is 2. The molecule has 88 valence electrons. The second kappa shape index (κ2) is 4.71. The van der Waals surface area contributed by atoms with Gasteiger partial charge in [-0.1, -0.05) is 12.1 Å². The quantitative estimate of drug-likeness (QED) is 0.926. The average molecular weight is 294 g/mol. The van der Waals surface area contributed by atoms with Gasteiger partial charge >= 0.3 is 0 Å². The summed E-state index contributed by atoms with van der Waals surface area (Å²) in [5.41, 5.74) is 1.97. The molecule has 1 aromatic heterocycles. The third-order valence-electron chi connectivity index (χ3n) is 2.48. The van der Waals surface area contributed by atoms with Crippen LogP contribution in [0.5, 0.6) is 0 Å². The van der Waals surface area contributed by atoms with E-state index in [1.165, 1.54) is 6.33 Å². The van der Waals surface area contributed by atoms with Gasteiger partial charge in [-0.25, -0.2) is 4.98 Å². The molecule has 0 bridgehead atoms. The van der Waals surface area contributed by atoms with Gasteiger partial charge in [0.25, 0.3) is 5.56 Å². The second-order valence-electron chi connectivity index (χ2n) is 3.77. The molecule has 0 aliphatic heterocycles. The number of halogens is 1. The van der Waals surface area contributed by atoms with E-state index in [1.54, 1.807) is 0 Å². The Kier molecular flexibility index (Phi) is 3.28. The number of aryl methyl sites for hydroxylation is 1. The number of hydrogen-bond acceptors (Lipinski definition) is 3. The maximum atomic E-state index is 11.5. The summed E-state index contributed by atoms with van der Waals surface area (Å²) >= 11 is 3.25. The molecule has 0 unspecified atom stereocenters. The smallest absolute Gasteiger partial charge is 0.267 e. The van der Waals surface area contributed by atoms with E-state index in [2.05, 4.69) is 25.9 Å². The van der Waals surface area contributed by atoms with E-state index < -0.39 is 0 Å². The summed E-state index contributed by atoms with van der Waals surface area (Å²) in [5, 5.41) is 0. The Hall–Kier alpha value is -1.62. The van der Waals surface area contributed by atoms with Crippen molar-refractivity contribution < 1.29 is 0 Å². The molecule has 5 heteroatoms. The van der Waals surface area contributed by atoms with Crippen molar-refractivity contribution in [2.45, 2.75) is 6.92 Å². The fourth-order valence-corrected chi connectivity index (χ4v) is 2.05. The number of hydrogen-bond donors (Lipinski definition) is 1. The summed E-state index contributed by atoms with van der Waals surface area (Å²) in [4.78, 5) is 20.0. The van der Waals surface area contributed by atoms with Gasteiger partial charge in [-0.3, -0.25) is 4.79 Å². The highest BCUT2D eigenvalue weighted by Gasteiger charge is 2.11. The van der Waals surface area contributed by atoms with Crippen LogP contribution in [0, 0.1) is 6.92 Å². The number of nitrogens with zero attached hydrogens (tertiary/aromatic N) is 2. The molecule has 0 radical (unpaired) electrons. The van der Waals surface area contributed by atoms with E-state index in [0.29, 0.717) is 10.3 Å². The zero-order valence-electron chi connectivity index (χ0n) is 9.57. The molecule has 2 rings (SSSR count). The van der Waals surface area contributed by atoms with Crippen LogP contribution in [0.4, 0.5) is 11.5 Å². The van der Waals surface area contributed by atoms with Crippen molar-refractivity contribution in [1.82, 2.24) is 9.97 Å². The van der Waals surface area contributed by atoms with Gasteiger partial charge in [-0.15, -0.1) is 0 Å². The fraction of sp³-hybridized carbons (Fsp3) is 0.167. The van der Waals surface area contributed by atoms with E-state index in [1.807, 2.05) is 43.1 Å². The van der Waals surface area contributed by atoms with E-state index in [-0.39, 0.29) is 5.56 Å². The van der Waals surface area contributed by atoms with Gasteiger partial charge in [0.1, 0.15) is 4.47 Å². The van der Waals surface area contributed by atoms with E-state index >= 15 is 0 Å². The van der Waals surface area contributed by atoms with Crippen LogP contribution in [0.2, 0.25) is 0 Å². The summed E-state index contributed by atoms with van der Waals surface area (Å²) in [5.74, 6) is 0.597. The average Bonchev–Trinajstić information content (AvgIpc) is 2.32. The lowest BCUT2D eigenvalue weighted by atomic mass is 10.2. The van der Waals surface area contributed by atoms with Crippen molar-refractivity contribution in [3.63, 3.8) is 0 Å². The zero-order valence-corrected chi connectivity index (χ0v) is 11.2. The molecule has 0 saturated carbocycles. The standard InChI is InChI=1S/C12H12BrN3O/c1-8-4-3-5-9(6-8)16(2)11-10(13)12(17)15-7-14-11/h3-7H,1-2H3,(H,14,15,17). The van der Waals surface area contributed by atoms with Crippen molar-refractivity contribution in [1.29, 1.82) is 0 Å². The van der Waals surface area contributed by atoms with E-state index in [9.17, 15) is 4.79 Å². The van der Waals surface area contributed by atoms with Crippen LogP contribution in [0.25, 0.3) is 0 Å².